The number of carbonyl (C=O) groups is 3. The molecule has 2 amide bonds. The highest BCUT2D eigenvalue weighted by Gasteiger charge is 2.61. The Morgan fingerprint density at radius 2 is 1.43 bits per heavy atom. The molecule has 0 spiro atoms. The smallest absolute Gasteiger partial charge is 0.306 e. The maximum absolute atomic E-state index is 12.7. The predicted molar refractivity (Wildman–Crippen MR) is 73.0 cm³/mol. The molecule has 21 heavy (non-hydrogen) atoms. The SMILES string of the molecule is O=C(O)C1CCC(N2C(=O)[C@@H]3[C@H]4CC[C@@H](C4)[C@H]3C2=O)CC1. The van der Waals surface area contributed by atoms with Crippen molar-refractivity contribution >= 4 is 17.8 Å². The molecule has 1 saturated heterocycles. The lowest BCUT2D eigenvalue weighted by Gasteiger charge is -2.32. The summed E-state index contributed by atoms with van der Waals surface area (Å²) < 4.78 is 0. The van der Waals surface area contributed by atoms with Crippen molar-refractivity contribution in [2.24, 2.45) is 29.6 Å². The van der Waals surface area contributed by atoms with Crippen molar-refractivity contribution in [3.05, 3.63) is 0 Å². The number of carboxylic acid groups (broad SMARTS) is 1. The van der Waals surface area contributed by atoms with Crippen molar-refractivity contribution in [3.63, 3.8) is 0 Å². The van der Waals surface area contributed by atoms with Gasteiger partial charge in [-0.2, -0.15) is 0 Å². The standard InChI is InChI=1S/C16H21NO4/c18-14-12-9-1-2-10(7-9)13(12)15(19)17(14)11-5-3-8(4-6-11)16(20)21/h8-13H,1-7H2,(H,20,21)/t8?,9-,10-,11?,12+,13+/m0/s1. The lowest BCUT2D eigenvalue weighted by atomic mass is 9.81. The third kappa shape index (κ3) is 1.79. The quantitative estimate of drug-likeness (QED) is 0.785. The van der Waals surface area contributed by atoms with E-state index in [2.05, 4.69) is 0 Å². The number of rotatable bonds is 2. The Morgan fingerprint density at radius 3 is 1.90 bits per heavy atom. The summed E-state index contributed by atoms with van der Waals surface area (Å²) in [5.74, 6) is -0.186. The molecule has 5 heteroatoms. The molecule has 0 radical (unpaired) electrons. The summed E-state index contributed by atoms with van der Waals surface area (Å²) in [4.78, 5) is 37.9. The van der Waals surface area contributed by atoms with Crippen LogP contribution in [0.4, 0.5) is 0 Å². The van der Waals surface area contributed by atoms with Crippen LogP contribution in [-0.2, 0) is 14.4 Å². The number of carboxylic acids is 1. The van der Waals surface area contributed by atoms with Crippen LogP contribution >= 0.6 is 0 Å². The Morgan fingerprint density at radius 1 is 0.905 bits per heavy atom. The van der Waals surface area contributed by atoms with E-state index >= 15 is 0 Å². The summed E-state index contributed by atoms with van der Waals surface area (Å²) in [6.45, 7) is 0. The molecule has 0 aromatic heterocycles. The van der Waals surface area contributed by atoms with E-state index in [4.69, 9.17) is 5.11 Å². The minimum absolute atomic E-state index is 0.0477. The number of imide groups is 1. The fraction of sp³-hybridized carbons (Fsp3) is 0.812. The van der Waals surface area contributed by atoms with Crippen LogP contribution in [-0.4, -0.2) is 33.8 Å². The van der Waals surface area contributed by atoms with Gasteiger partial charge >= 0.3 is 5.97 Å². The Bertz CT molecular complexity index is 480. The average Bonchev–Trinajstić information content (AvgIpc) is 3.13. The van der Waals surface area contributed by atoms with Gasteiger partial charge in [0.15, 0.2) is 0 Å². The fourth-order valence-corrected chi connectivity index (χ4v) is 5.37. The Kier molecular flexibility index (Phi) is 2.88. The zero-order valence-electron chi connectivity index (χ0n) is 12.0. The van der Waals surface area contributed by atoms with Gasteiger partial charge in [0.05, 0.1) is 17.8 Å². The van der Waals surface area contributed by atoms with Crippen molar-refractivity contribution in [1.29, 1.82) is 0 Å². The molecule has 0 aromatic carbocycles. The van der Waals surface area contributed by atoms with Gasteiger partial charge < -0.3 is 5.11 Å². The summed E-state index contributed by atoms with van der Waals surface area (Å²) in [5.41, 5.74) is 0. The Hall–Kier alpha value is -1.39. The van der Waals surface area contributed by atoms with Crippen LogP contribution in [0.15, 0.2) is 0 Å². The lowest BCUT2D eigenvalue weighted by Crippen LogP contribution is -2.44. The van der Waals surface area contributed by atoms with Crippen molar-refractivity contribution in [2.75, 3.05) is 0 Å². The summed E-state index contributed by atoms with van der Waals surface area (Å²) in [6, 6.07) is -0.0504. The molecule has 114 valence electrons. The molecule has 1 N–H and O–H groups in total. The molecule has 2 bridgehead atoms. The highest BCUT2D eigenvalue weighted by molar-refractivity contribution is 6.06. The van der Waals surface area contributed by atoms with Crippen molar-refractivity contribution in [1.82, 2.24) is 4.90 Å². The molecule has 5 nitrogen and oxygen atoms in total. The Labute approximate surface area is 123 Å². The first-order valence-electron chi connectivity index (χ1n) is 8.17. The summed E-state index contributed by atoms with van der Waals surface area (Å²) >= 11 is 0. The molecular weight excluding hydrogens is 270 g/mol. The molecule has 0 unspecified atom stereocenters. The maximum Gasteiger partial charge on any atom is 0.306 e. The van der Waals surface area contributed by atoms with E-state index in [1.807, 2.05) is 0 Å². The number of nitrogens with zero attached hydrogens (tertiary/aromatic N) is 1. The lowest BCUT2D eigenvalue weighted by molar-refractivity contribution is -0.146. The van der Waals surface area contributed by atoms with E-state index < -0.39 is 5.97 Å². The topological polar surface area (TPSA) is 74.7 Å². The summed E-state index contributed by atoms with van der Waals surface area (Å²) in [5, 5.41) is 9.06. The normalized spacial score (nSPS) is 45.2. The number of amides is 2. The monoisotopic (exact) mass is 291 g/mol. The first kappa shape index (κ1) is 13.3. The number of likely N-dealkylation sites (tertiary alicyclic amines) is 1. The van der Waals surface area contributed by atoms with Gasteiger partial charge in [-0.1, -0.05) is 0 Å². The average molecular weight is 291 g/mol. The first-order chi connectivity index (χ1) is 10.1. The molecular formula is C16H21NO4. The second kappa shape index (κ2) is 4.55. The molecule has 4 atom stereocenters. The highest BCUT2D eigenvalue weighted by atomic mass is 16.4. The minimum Gasteiger partial charge on any atom is -0.481 e. The van der Waals surface area contributed by atoms with Crippen molar-refractivity contribution in [2.45, 2.75) is 51.0 Å². The van der Waals surface area contributed by atoms with Gasteiger partial charge in [0, 0.05) is 6.04 Å². The molecule has 3 saturated carbocycles. The third-order valence-electron chi connectivity index (χ3n) is 6.37. The van der Waals surface area contributed by atoms with Gasteiger partial charge in [0.25, 0.3) is 0 Å². The van der Waals surface area contributed by atoms with Gasteiger partial charge in [-0.15, -0.1) is 0 Å². The maximum atomic E-state index is 12.7. The fourth-order valence-electron chi connectivity index (χ4n) is 5.37. The number of hydrogen-bond donors (Lipinski definition) is 1. The van der Waals surface area contributed by atoms with Crippen LogP contribution in [0, 0.1) is 29.6 Å². The van der Waals surface area contributed by atoms with Gasteiger partial charge in [-0.05, 0) is 56.8 Å². The second-order valence-electron chi connectivity index (χ2n) is 7.27. The molecule has 3 aliphatic carbocycles. The van der Waals surface area contributed by atoms with E-state index in [1.54, 1.807) is 0 Å². The molecule has 1 heterocycles. The van der Waals surface area contributed by atoms with Crippen molar-refractivity contribution in [3.8, 4) is 0 Å². The third-order valence-corrected chi connectivity index (χ3v) is 6.37. The van der Waals surface area contributed by atoms with Crippen LogP contribution in [0.5, 0.6) is 0 Å². The zero-order chi connectivity index (χ0) is 14.7. The minimum atomic E-state index is -0.748. The van der Waals surface area contributed by atoms with E-state index in [0.29, 0.717) is 37.5 Å². The van der Waals surface area contributed by atoms with Gasteiger partial charge in [-0.3, -0.25) is 19.3 Å². The van der Waals surface area contributed by atoms with Crippen LogP contribution in [0.3, 0.4) is 0 Å². The number of fused-ring (bicyclic) bond motifs is 5. The number of carbonyl (C=O) groups excluding carboxylic acids is 2. The number of aliphatic carboxylic acids is 1. The van der Waals surface area contributed by atoms with Crippen molar-refractivity contribution < 1.29 is 19.5 Å². The molecule has 1 aliphatic heterocycles. The first-order valence-corrected chi connectivity index (χ1v) is 8.17. The van der Waals surface area contributed by atoms with Crippen LogP contribution in [0.2, 0.25) is 0 Å². The summed E-state index contributed by atoms with van der Waals surface area (Å²) in [7, 11) is 0. The largest absolute Gasteiger partial charge is 0.481 e. The van der Waals surface area contributed by atoms with Crippen LogP contribution < -0.4 is 0 Å². The van der Waals surface area contributed by atoms with E-state index in [0.717, 1.165) is 19.3 Å². The van der Waals surface area contributed by atoms with Gasteiger partial charge in [0.2, 0.25) is 11.8 Å². The predicted octanol–water partition coefficient (Wildman–Crippen LogP) is 1.66. The molecule has 4 aliphatic rings. The number of hydrogen-bond acceptors (Lipinski definition) is 3. The van der Waals surface area contributed by atoms with E-state index in [9.17, 15) is 14.4 Å². The molecule has 0 aromatic rings. The van der Waals surface area contributed by atoms with E-state index in [1.165, 1.54) is 4.90 Å². The van der Waals surface area contributed by atoms with E-state index in [-0.39, 0.29) is 35.6 Å². The second-order valence-corrected chi connectivity index (χ2v) is 7.27. The molecule has 4 fully saturated rings. The van der Waals surface area contributed by atoms with Crippen LogP contribution in [0.1, 0.15) is 44.9 Å². The van der Waals surface area contributed by atoms with Crippen LogP contribution in [0.25, 0.3) is 0 Å². The zero-order valence-corrected chi connectivity index (χ0v) is 12.0. The molecule has 4 rings (SSSR count). The highest BCUT2D eigenvalue weighted by Crippen LogP contribution is 2.56. The van der Waals surface area contributed by atoms with Gasteiger partial charge in [-0.25, -0.2) is 0 Å². The summed E-state index contributed by atoms with van der Waals surface area (Å²) in [6.07, 6.45) is 5.74. The van der Waals surface area contributed by atoms with Gasteiger partial charge in [0.1, 0.15) is 0 Å². The Balaban J connectivity index is 1.51.